The number of nitrogens with one attached hydrogen (secondary N) is 2. The standard InChI is InChI=1S/C15H27N3O2S/c1-5-13(3)18(4)12-11-17-21(19,20)15-10-8-7-9-14(15)16-6-2/h7-10,13,16-17H,5-6,11-12H2,1-4H3. The van der Waals surface area contributed by atoms with Crippen LogP contribution in [0.4, 0.5) is 5.69 Å². The van der Waals surface area contributed by atoms with E-state index in [1.807, 2.05) is 20.0 Å². The van der Waals surface area contributed by atoms with Crippen LogP contribution in [0.2, 0.25) is 0 Å². The van der Waals surface area contributed by atoms with Crippen molar-refractivity contribution in [1.29, 1.82) is 0 Å². The first-order valence-corrected chi connectivity index (χ1v) is 8.93. The predicted octanol–water partition coefficient (Wildman–Crippen LogP) is 2.13. The molecule has 0 heterocycles. The van der Waals surface area contributed by atoms with Gasteiger partial charge in [0.1, 0.15) is 4.90 Å². The Kier molecular flexibility index (Phi) is 7.14. The van der Waals surface area contributed by atoms with Crippen LogP contribution < -0.4 is 10.0 Å². The van der Waals surface area contributed by atoms with Crippen LogP contribution in [0.1, 0.15) is 27.2 Å². The van der Waals surface area contributed by atoms with E-state index in [2.05, 4.69) is 28.8 Å². The summed E-state index contributed by atoms with van der Waals surface area (Å²) >= 11 is 0. The van der Waals surface area contributed by atoms with Crippen molar-refractivity contribution in [3.05, 3.63) is 24.3 Å². The molecule has 1 rings (SSSR count). The number of hydrogen-bond acceptors (Lipinski definition) is 4. The zero-order chi connectivity index (χ0) is 15.9. The van der Waals surface area contributed by atoms with E-state index in [-0.39, 0.29) is 0 Å². The molecule has 0 radical (unpaired) electrons. The van der Waals surface area contributed by atoms with E-state index < -0.39 is 10.0 Å². The van der Waals surface area contributed by atoms with E-state index in [9.17, 15) is 8.42 Å². The third-order valence-corrected chi connectivity index (χ3v) is 5.16. The summed E-state index contributed by atoms with van der Waals surface area (Å²) in [5, 5.41) is 3.08. The molecule has 1 aromatic rings. The van der Waals surface area contributed by atoms with Crippen molar-refractivity contribution in [2.24, 2.45) is 0 Å². The fourth-order valence-corrected chi connectivity index (χ4v) is 3.21. The lowest BCUT2D eigenvalue weighted by atomic mass is 10.2. The highest BCUT2D eigenvalue weighted by molar-refractivity contribution is 7.89. The second-order valence-electron chi connectivity index (χ2n) is 5.16. The van der Waals surface area contributed by atoms with Crippen molar-refractivity contribution in [1.82, 2.24) is 9.62 Å². The molecule has 0 aliphatic rings. The second kappa shape index (κ2) is 8.36. The number of nitrogens with zero attached hydrogens (tertiary/aromatic N) is 1. The third kappa shape index (κ3) is 5.30. The Hall–Kier alpha value is -1.11. The number of benzene rings is 1. The molecule has 1 unspecified atom stereocenters. The Morgan fingerprint density at radius 2 is 1.90 bits per heavy atom. The molecule has 21 heavy (non-hydrogen) atoms. The van der Waals surface area contributed by atoms with Gasteiger partial charge in [0.05, 0.1) is 5.69 Å². The SMILES string of the molecule is CCNc1ccccc1S(=O)(=O)NCCN(C)C(C)CC. The van der Waals surface area contributed by atoms with Crippen LogP contribution in [0.15, 0.2) is 29.2 Å². The molecule has 1 atom stereocenters. The van der Waals surface area contributed by atoms with Crippen LogP contribution in [0.3, 0.4) is 0 Å². The van der Waals surface area contributed by atoms with Crippen LogP contribution in [-0.2, 0) is 10.0 Å². The molecule has 6 heteroatoms. The van der Waals surface area contributed by atoms with Crippen molar-refractivity contribution in [3.8, 4) is 0 Å². The van der Waals surface area contributed by atoms with Gasteiger partial charge in [-0.3, -0.25) is 0 Å². The fourth-order valence-electron chi connectivity index (χ4n) is 2.00. The maximum absolute atomic E-state index is 12.4. The van der Waals surface area contributed by atoms with Gasteiger partial charge in [0.2, 0.25) is 10.0 Å². The van der Waals surface area contributed by atoms with E-state index >= 15 is 0 Å². The predicted molar refractivity (Wildman–Crippen MR) is 88.2 cm³/mol. The number of sulfonamides is 1. The maximum Gasteiger partial charge on any atom is 0.242 e. The summed E-state index contributed by atoms with van der Waals surface area (Å²) in [5.41, 5.74) is 0.641. The topological polar surface area (TPSA) is 61.4 Å². The van der Waals surface area contributed by atoms with Gasteiger partial charge in [0.25, 0.3) is 0 Å². The first-order valence-electron chi connectivity index (χ1n) is 7.45. The minimum absolute atomic E-state index is 0.304. The lowest BCUT2D eigenvalue weighted by Crippen LogP contribution is -2.37. The van der Waals surface area contributed by atoms with E-state index in [0.29, 0.717) is 36.3 Å². The zero-order valence-corrected chi connectivity index (χ0v) is 14.2. The van der Waals surface area contributed by atoms with Gasteiger partial charge in [-0.2, -0.15) is 0 Å². The highest BCUT2D eigenvalue weighted by Gasteiger charge is 2.17. The van der Waals surface area contributed by atoms with Crippen LogP contribution in [-0.4, -0.2) is 46.0 Å². The number of rotatable bonds is 9. The minimum atomic E-state index is -3.48. The summed E-state index contributed by atoms with van der Waals surface area (Å²) in [4.78, 5) is 2.46. The van der Waals surface area contributed by atoms with Crippen molar-refractivity contribution in [2.75, 3.05) is 32.0 Å². The van der Waals surface area contributed by atoms with E-state index in [0.717, 1.165) is 6.42 Å². The Bertz CT molecular complexity index is 531. The fraction of sp³-hybridized carbons (Fsp3) is 0.600. The third-order valence-electron chi connectivity index (χ3n) is 3.64. The summed E-state index contributed by atoms with van der Waals surface area (Å²) in [6, 6.07) is 7.42. The van der Waals surface area contributed by atoms with Crippen molar-refractivity contribution in [3.63, 3.8) is 0 Å². The summed E-state index contributed by atoms with van der Waals surface area (Å²) in [7, 11) is -1.47. The molecule has 2 N–H and O–H groups in total. The molecule has 0 amide bonds. The Morgan fingerprint density at radius 1 is 1.24 bits per heavy atom. The molecule has 0 saturated carbocycles. The average molecular weight is 313 g/mol. The summed E-state index contributed by atoms with van der Waals surface area (Å²) < 4.78 is 27.4. The monoisotopic (exact) mass is 313 g/mol. The second-order valence-corrected chi connectivity index (χ2v) is 6.90. The molecule has 0 aliphatic heterocycles. The first-order chi connectivity index (χ1) is 9.92. The van der Waals surface area contributed by atoms with Crippen molar-refractivity contribution < 1.29 is 8.42 Å². The average Bonchev–Trinajstić information content (AvgIpc) is 2.46. The van der Waals surface area contributed by atoms with Gasteiger partial charge in [0.15, 0.2) is 0 Å². The van der Waals surface area contributed by atoms with Gasteiger partial charge in [-0.15, -0.1) is 0 Å². The van der Waals surface area contributed by atoms with Gasteiger partial charge in [-0.05, 0) is 39.4 Å². The van der Waals surface area contributed by atoms with E-state index in [4.69, 9.17) is 0 Å². The Balaban J connectivity index is 2.70. The minimum Gasteiger partial charge on any atom is -0.384 e. The summed E-state index contributed by atoms with van der Waals surface area (Å²) in [5.74, 6) is 0. The summed E-state index contributed by atoms with van der Waals surface area (Å²) in [6.45, 7) is 7.98. The number of para-hydroxylation sites is 1. The number of likely N-dealkylation sites (N-methyl/N-ethyl adjacent to an activating group) is 1. The quantitative estimate of drug-likeness (QED) is 0.733. The molecule has 5 nitrogen and oxygen atoms in total. The van der Waals surface area contributed by atoms with Crippen LogP contribution in [0.5, 0.6) is 0 Å². The number of anilines is 1. The van der Waals surface area contributed by atoms with Gasteiger partial charge in [-0.25, -0.2) is 13.1 Å². The Labute approximate surface area is 128 Å². The molecule has 0 fully saturated rings. The van der Waals surface area contributed by atoms with Gasteiger partial charge in [-0.1, -0.05) is 19.1 Å². The highest BCUT2D eigenvalue weighted by Crippen LogP contribution is 2.20. The molecule has 0 bridgehead atoms. The Morgan fingerprint density at radius 3 is 2.52 bits per heavy atom. The van der Waals surface area contributed by atoms with Crippen LogP contribution in [0, 0.1) is 0 Å². The molecule has 1 aromatic carbocycles. The van der Waals surface area contributed by atoms with Crippen molar-refractivity contribution >= 4 is 15.7 Å². The van der Waals surface area contributed by atoms with Crippen LogP contribution in [0.25, 0.3) is 0 Å². The first kappa shape index (κ1) is 17.9. The van der Waals surface area contributed by atoms with Gasteiger partial charge < -0.3 is 10.2 Å². The van der Waals surface area contributed by atoms with Crippen molar-refractivity contribution in [2.45, 2.75) is 38.1 Å². The molecule has 0 aromatic heterocycles. The molecular weight excluding hydrogens is 286 g/mol. The molecular formula is C15H27N3O2S. The van der Waals surface area contributed by atoms with E-state index in [1.54, 1.807) is 18.2 Å². The smallest absolute Gasteiger partial charge is 0.242 e. The van der Waals surface area contributed by atoms with Crippen LogP contribution >= 0.6 is 0 Å². The largest absolute Gasteiger partial charge is 0.384 e. The normalized spacial score (nSPS) is 13.4. The molecule has 120 valence electrons. The van der Waals surface area contributed by atoms with Gasteiger partial charge >= 0.3 is 0 Å². The maximum atomic E-state index is 12.4. The lowest BCUT2D eigenvalue weighted by molar-refractivity contribution is 0.256. The zero-order valence-electron chi connectivity index (χ0n) is 13.4. The van der Waals surface area contributed by atoms with Gasteiger partial charge in [0, 0.05) is 25.7 Å². The van der Waals surface area contributed by atoms with E-state index in [1.165, 1.54) is 0 Å². The molecule has 0 aliphatic carbocycles. The molecule has 0 spiro atoms. The number of hydrogen-bond donors (Lipinski definition) is 2. The highest BCUT2D eigenvalue weighted by atomic mass is 32.2. The lowest BCUT2D eigenvalue weighted by Gasteiger charge is -2.23. The summed E-state index contributed by atoms with van der Waals surface area (Å²) in [6.07, 6.45) is 1.05. The molecule has 0 saturated heterocycles.